The monoisotopic (exact) mass is 383 g/mol. The van der Waals surface area contributed by atoms with Crippen LogP contribution in [0.3, 0.4) is 0 Å². The lowest BCUT2D eigenvalue weighted by Gasteiger charge is -2.14. The van der Waals surface area contributed by atoms with Gasteiger partial charge < -0.3 is 5.11 Å². The van der Waals surface area contributed by atoms with Crippen molar-refractivity contribution in [3.05, 3.63) is 28.2 Å². The van der Waals surface area contributed by atoms with Crippen molar-refractivity contribution in [3.8, 4) is 0 Å². The topological polar surface area (TPSA) is 83.5 Å². The Kier molecular flexibility index (Phi) is 4.64. The fourth-order valence-corrected chi connectivity index (χ4v) is 4.83. The number of carboxylic acid groups (broad SMARTS) is 1. The number of hydrogen-bond acceptors (Lipinski definition) is 3. The lowest BCUT2D eigenvalue weighted by molar-refractivity contribution is -0.141. The number of carbonyl (C=O) groups is 1. The van der Waals surface area contributed by atoms with E-state index in [1.807, 2.05) is 0 Å². The van der Waals surface area contributed by atoms with Crippen molar-refractivity contribution in [2.45, 2.75) is 30.2 Å². The molecule has 1 fully saturated rings. The molecular formula is C12H12BrF2NO4S. The molecule has 9 heteroatoms. The van der Waals surface area contributed by atoms with Gasteiger partial charge in [-0.15, -0.1) is 0 Å². The second-order valence-corrected chi connectivity index (χ2v) is 7.37. The summed E-state index contributed by atoms with van der Waals surface area (Å²) in [6.45, 7) is 0. The van der Waals surface area contributed by atoms with E-state index in [4.69, 9.17) is 5.11 Å². The standard InChI is InChI=1S/C12H12BrF2NO4S/c13-9-4-7(14)5-10(15)11(9)21(19,20)16-8-2-1-6(3-8)12(17)18/h4-6,8,16H,1-3H2,(H,17,18)/t6-,8+/m1/s1. The van der Waals surface area contributed by atoms with Gasteiger partial charge >= 0.3 is 5.97 Å². The summed E-state index contributed by atoms with van der Waals surface area (Å²) < 4.78 is 53.1. The van der Waals surface area contributed by atoms with Gasteiger partial charge in [0.05, 0.1) is 5.92 Å². The Labute approximate surface area is 128 Å². The third-order valence-electron chi connectivity index (χ3n) is 3.34. The van der Waals surface area contributed by atoms with Crippen LogP contribution in [-0.2, 0) is 14.8 Å². The highest BCUT2D eigenvalue weighted by Crippen LogP contribution is 2.30. The van der Waals surface area contributed by atoms with E-state index in [2.05, 4.69) is 20.7 Å². The molecule has 1 saturated carbocycles. The molecule has 0 aliphatic heterocycles. The maximum atomic E-state index is 13.7. The molecule has 1 aromatic rings. The summed E-state index contributed by atoms with van der Waals surface area (Å²) in [4.78, 5) is 10.2. The molecule has 1 aromatic carbocycles. The SMILES string of the molecule is O=C(O)[C@@H]1CC[C@H](NS(=O)(=O)c2c(F)cc(F)cc2Br)C1. The molecule has 2 N–H and O–H groups in total. The summed E-state index contributed by atoms with van der Waals surface area (Å²) in [5.74, 6) is -3.70. The van der Waals surface area contributed by atoms with E-state index in [1.165, 1.54) is 0 Å². The van der Waals surface area contributed by atoms with Crippen molar-refractivity contribution in [1.82, 2.24) is 4.72 Å². The average molecular weight is 384 g/mol. The minimum absolute atomic E-state index is 0.148. The molecule has 0 spiro atoms. The van der Waals surface area contributed by atoms with Crippen LogP contribution in [0.15, 0.2) is 21.5 Å². The lowest BCUT2D eigenvalue weighted by atomic mass is 10.1. The Hall–Kier alpha value is -1.06. The van der Waals surface area contributed by atoms with E-state index < -0.39 is 44.5 Å². The zero-order valence-corrected chi connectivity index (χ0v) is 13.0. The van der Waals surface area contributed by atoms with Gasteiger partial charge in [0.15, 0.2) is 0 Å². The number of sulfonamides is 1. The van der Waals surface area contributed by atoms with Crippen LogP contribution in [0.1, 0.15) is 19.3 Å². The van der Waals surface area contributed by atoms with Gasteiger partial charge in [-0.1, -0.05) is 0 Å². The van der Waals surface area contributed by atoms with Crippen molar-refractivity contribution in [3.63, 3.8) is 0 Å². The molecule has 0 heterocycles. The van der Waals surface area contributed by atoms with Gasteiger partial charge in [-0.05, 0) is 41.3 Å². The number of benzene rings is 1. The van der Waals surface area contributed by atoms with E-state index in [1.54, 1.807) is 0 Å². The molecule has 0 saturated heterocycles. The first-order valence-electron chi connectivity index (χ1n) is 6.10. The minimum Gasteiger partial charge on any atom is -0.481 e. The summed E-state index contributed by atoms with van der Waals surface area (Å²) >= 11 is 2.82. The zero-order valence-electron chi connectivity index (χ0n) is 10.6. The Morgan fingerprint density at radius 2 is 2.00 bits per heavy atom. The van der Waals surface area contributed by atoms with Crippen LogP contribution in [0.4, 0.5) is 8.78 Å². The minimum atomic E-state index is -4.20. The Bertz CT molecular complexity index is 657. The van der Waals surface area contributed by atoms with Crippen molar-refractivity contribution >= 4 is 31.9 Å². The third-order valence-corrected chi connectivity index (χ3v) is 5.82. The van der Waals surface area contributed by atoms with Gasteiger partial charge in [-0.3, -0.25) is 4.79 Å². The highest BCUT2D eigenvalue weighted by molar-refractivity contribution is 9.10. The van der Waals surface area contributed by atoms with Crippen molar-refractivity contribution in [1.29, 1.82) is 0 Å². The average Bonchev–Trinajstić information content (AvgIpc) is 2.74. The number of carboxylic acids is 1. The number of nitrogens with one attached hydrogen (secondary N) is 1. The molecular weight excluding hydrogens is 372 g/mol. The maximum Gasteiger partial charge on any atom is 0.306 e. The summed E-state index contributed by atoms with van der Waals surface area (Å²) in [6.07, 6.45) is 0.862. The Morgan fingerprint density at radius 1 is 1.33 bits per heavy atom. The molecule has 1 aliphatic rings. The molecule has 5 nitrogen and oxygen atoms in total. The van der Waals surface area contributed by atoms with Gasteiger partial charge in [0, 0.05) is 16.6 Å². The number of hydrogen-bond donors (Lipinski definition) is 2. The summed E-state index contributed by atoms with van der Waals surface area (Å²) in [5, 5.41) is 8.88. The van der Waals surface area contributed by atoms with E-state index in [-0.39, 0.29) is 10.9 Å². The second-order valence-electron chi connectivity index (χ2n) is 4.86. The molecule has 0 amide bonds. The van der Waals surface area contributed by atoms with Crippen LogP contribution < -0.4 is 4.72 Å². The zero-order chi connectivity index (χ0) is 15.8. The highest BCUT2D eigenvalue weighted by atomic mass is 79.9. The van der Waals surface area contributed by atoms with E-state index >= 15 is 0 Å². The first kappa shape index (κ1) is 16.3. The number of aliphatic carboxylic acids is 1. The Morgan fingerprint density at radius 3 is 2.52 bits per heavy atom. The molecule has 0 unspecified atom stereocenters. The first-order chi connectivity index (χ1) is 9.70. The van der Waals surface area contributed by atoms with Crippen LogP contribution >= 0.6 is 15.9 Å². The van der Waals surface area contributed by atoms with E-state index in [0.29, 0.717) is 18.9 Å². The molecule has 0 aromatic heterocycles. The molecule has 116 valence electrons. The van der Waals surface area contributed by atoms with Gasteiger partial charge in [0.1, 0.15) is 16.5 Å². The van der Waals surface area contributed by atoms with Gasteiger partial charge in [-0.25, -0.2) is 21.9 Å². The van der Waals surface area contributed by atoms with Gasteiger partial charge in [0.2, 0.25) is 10.0 Å². The fraction of sp³-hybridized carbons (Fsp3) is 0.417. The summed E-state index contributed by atoms with van der Waals surface area (Å²) in [7, 11) is -4.20. The quantitative estimate of drug-likeness (QED) is 0.834. The van der Waals surface area contributed by atoms with Crippen LogP contribution in [0, 0.1) is 17.6 Å². The molecule has 0 bridgehead atoms. The predicted octanol–water partition coefficient (Wildman–Crippen LogP) is 2.26. The first-order valence-corrected chi connectivity index (χ1v) is 8.38. The van der Waals surface area contributed by atoms with Crippen molar-refractivity contribution < 1.29 is 27.1 Å². The predicted molar refractivity (Wildman–Crippen MR) is 73.1 cm³/mol. The fourth-order valence-electron chi connectivity index (χ4n) is 2.38. The van der Waals surface area contributed by atoms with Gasteiger partial charge in [-0.2, -0.15) is 0 Å². The number of halogens is 3. The summed E-state index contributed by atoms with van der Waals surface area (Å²) in [6, 6.07) is 0.757. The summed E-state index contributed by atoms with van der Waals surface area (Å²) in [5.41, 5.74) is 0. The van der Waals surface area contributed by atoms with Crippen LogP contribution in [0.5, 0.6) is 0 Å². The molecule has 21 heavy (non-hydrogen) atoms. The van der Waals surface area contributed by atoms with Crippen LogP contribution in [0.25, 0.3) is 0 Å². The molecule has 0 radical (unpaired) electrons. The smallest absolute Gasteiger partial charge is 0.306 e. The Balaban J connectivity index is 2.22. The van der Waals surface area contributed by atoms with E-state index in [9.17, 15) is 22.0 Å². The van der Waals surface area contributed by atoms with Gasteiger partial charge in [0.25, 0.3) is 0 Å². The largest absolute Gasteiger partial charge is 0.481 e. The maximum absolute atomic E-state index is 13.7. The molecule has 1 aliphatic carbocycles. The molecule has 2 atom stereocenters. The van der Waals surface area contributed by atoms with Crippen molar-refractivity contribution in [2.24, 2.45) is 5.92 Å². The van der Waals surface area contributed by atoms with E-state index in [0.717, 1.165) is 6.07 Å². The number of rotatable bonds is 4. The lowest BCUT2D eigenvalue weighted by Crippen LogP contribution is -2.34. The normalized spacial score (nSPS) is 22.4. The van der Waals surface area contributed by atoms with Crippen LogP contribution in [-0.4, -0.2) is 25.5 Å². The highest BCUT2D eigenvalue weighted by Gasteiger charge is 2.34. The second kappa shape index (κ2) is 5.98. The van der Waals surface area contributed by atoms with Crippen LogP contribution in [0.2, 0.25) is 0 Å². The van der Waals surface area contributed by atoms with Crippen molar-refractivity contribution in [2.75, 3.05) is 0 Å². The molecule has 2 rings (SSSR count). The third kappa shape index (κ3) is 3.58.